The van der Waals surface area contributed by atoms with Crippen molar-refractivity contribution < 1.29 is 22.4 Å². The monoisotopic (exact) mass is 335 g/mol. The van der Waals surface area contributed by atoms with Gasteiger partial charge < -0.3 is 9.47 Å². The number of ether oxygens (including phenoxy) is 2. The lowest BCUT2D eigenvalue weighted by Crippen LogP contribution is -2.38. The highest BCUT2D eigenvalue weighted by molar-refractivity contribution is 7.83. The van der Waals surface area contributed by atoms with Gasteiger partial charge in [0.1, 0.15) is 6.10 Å². The van der Waals surface area contributed by atoms with E-state index < -0.39 is 22.2 Å². The summed E-state index contributed by atoms with van der Waals surface area (Å²) in [6, 6.07) is 7.36. The van der Waals surface area contributed by atoms with E-state index in [1.165, 1.54) is 0 Å². The SMILES string of the molecule is CC1(C)OC(CNS(=O)(=O)O)C(Cc2ccccc2Cl)O1. The molecule has 118 valence electrons. The molecular formula is C13H18ClNO5S. The van der Waals surface area contributed by atoms with Crippen molar-refractivity contribution in [1.82, 2.24) is 4.72 Å². The molecule has 1 aromatic rings. The zero-order chi connectivity index (χ0) is 15.7. The highest BCUT2D eigenvalue weighted by atomic mass is 35.5. The molecule has 0 bridgehead atoms. The zero-order valence-corrected chi connectivity index (χ0v) is 13.3. The van der Waals surface area contributed by atoms with Crippen LogP contribution in [0.5, 0.6) is 0 Å². The average Bonchev–Trinajstić information content (AvgIpc) is 2.63. The molecule has 1 aromatic carbocycles. The van der Waals surface area contributed by atoms with Gasteiger partial charge in [-0.2, -0.15) is 13.1 Å². The van der Waals surface area contributed by atoms with E-state index in [1.807, 2.05) is 22.9 Å². The van der Waals surface area contributed by atoms with E-state index in [2.05, 4.69) is 0 Å². The van der Waals surface area contributed by atoms with E-state index >= 15 is 0 Å². The summed E-state index contributed by atoms with van der Waals surface area (Å²) in [4.78, 5) is 0. The largest absolute Gasteiger partial charge is 0.344 e. The molecule has 0 aromatic heterocycles. The molecule has 2 atom stereocenters. The van der Waals surface area contributed by atoms with Gasteiger partial charge in [-0.1, -0.05) is 29.8 Å². The predicted octanol–water partition coefficient (Wildman–Crippen LogP) is 1.80. The van der Waals surface area contributed by atoms with Gasteiger partial charge in [-0.3, -0.25) is 4.55 Å². The molecule has 2 N–H and O–H groups in total. The van der Waals surface area contributed by atoms with Gasteiger partial charge in [0.05, 0.1) is 6.10 Å². The molecular weight excluding hydrogens is 318 g/mol. The minimum atomic E-state index is -4.26. The first kappa shape index (κ1) is 16.7. The van der Waals surface area contributed by atoms with E-state index in [9.17, 15) is 8.42 Å². The Bertz CT molecular complexity index is 604. The van der Waals surface area contributed by atoms with Crippen LogP contribution in [0.25, 0.3) is 0 Å². The standard InChI is InChI=1S/C13H18ClNO5S/c1-13(2)19-11(7-9-5-3-4-6-10(9)14)12(20-13)8-15-21(16,17)18/h3-6,11-12,15H,7-8H2,1-2H3,(H,16,17,18). The number of rotatable bonds is 5. The second-order valence-corrected chi connectivity index (χ2v) is 6.98. The van der Waals surface area contributed by atoms with Crippen LogP contribution in [0.1, 0.15) is 19.4 Å². The number of hydrogen-bond donors (Lipinski definition) is 2. The second kappa shape index (κ2) is 6.20. The molecule has 0 spiro atoms. The van der Waals surface area contributed by atoms with E-state index in [1.54, 1.807) is 19.9 Å². The zero-order valence-electron chi connectivity index (χ0n) is 11.7. The van der Waals surface area contributed by atoms with Crippen molar-refractivity contribution in [2.75, 3.05) is 6.54 Å². The Kier molecular flexibility index (Phi) is 4.92. The molecule has 8 heteroatoms. The summed E-state index contributed by atoms with van der Waals surface area (Å²) in [5.41, 5.74) is 0.891. The van der Waals surface area contributed by atoms with Crippen molar-refractivity contribution in [2.45, 2.75) is 38.3 Å². The maximum absolute atomic E-state index is 10.8. The van der Waals surface area contributed by atoms with Crippen LogP contribution in [-0.4, -0.2) is 37.5 Å². The van der Waals surface area contributed by atoms with E-state index in [0.29, 0.717) is 11.4 Å². The lowest BCUT2D eigenvalue weighted by atomic mass is 10.0. The molecule has 0 radical (unpaired) electrons. The minimum Gasteiger partial charge on any atom is -0.344 e. The van der Waals surface area contributed by atoms with Crippen molar-refractivity contribution in [3.05, 3.63) is 34.9 Å². The third kappa shape index (κ3) is 4.91. The molecule has 6 nitrogen and oxygen atoms in total. The first-order valence-corrected chi connectivity index (χ1v) is 8.29. The summed E-state index contributed by atoms with van der Waals surface area (Å²) >= 11 is 6.12. The van der Waals surface area contributed by atoms with Gasteiger partial charge in [-0.05, 0) is 25.5 Å². The van der Waals surface area contributed by atoms with E-state index in [4.69, 9.17) is 25.6 Å². The van der Waals surface area contributed by atoms with Crippen molar-refractivity contribution >= 4 is 21.9 Å². The summed E-state index contributed by atoms with van der Waals surface area (Å²) in [7, 11) is -4.26. The number of hydrogen-bond acceptors (Lipinski definition) is 4. The van der Waals surface area contributed by atoms with Gasteiger partial charge >= 0.3 is 10.3 Å². The lowest BCUT2D eigenvalue weighted by molar-refractivity contribution is -0.145. The maximum atomic E-state index is 10.8. The number of nitrogens with one attached hydrogen (secondary N) is 1. The van der Waals surface area contributed by atoms with Crippen LogP contribution in [0.15, 0.2) is 24.3 Å². The summed E-state index contributed by atoms with van der Waals surface area (Å²) < 4.78 is 43.8. The summed E-state index contributed by atoms with van der Waals surface area (Å²) in [5.74, 6) is -0.822. The highest BCUT2D eigenvalue weighted by Crippen LogP contribution is 2.31. The fourth-order valence-electron chi connectivity index (χ4n) is 2.32. The third-order valence-corrected chi connectivity index (χ3v) is 4.03. The van der Waals surface area contributed by atoms with Crippen molar-refractivity contribution in [3.8, 4) is 0 Å². The van der Waals surface area contributed by atoms with Gasteiger partial charge in [0.15, 0.2) is 5.79 Å². The third-order valence-electron chi connectivity index (χ3n) is 3.13. The Balaban J connectivity index is 2.10. The van der Waals surface area contributed by atoms with Crippen LogP contribution in [0.4, 0.5) is 0 Å². The van der Waals surface area contributed by atoms with Gasteiger partial charge in [-0.25, -0.2) is 0 Å². The molecule has 1 aliphatic rings. The van der Waals surface area contributed by atoms with Gasteiger partial charge in [0.2, 0.25) is 0 Å². The molecule has 0 saturated carbocycles. The number of halogens is 1. The predicted molar refractivity (Wildman–Crippen MR) is 78.5 cm³/mol. The molecule has 1 heterocycles. The van der Waals surface area contributed by atoms with Crippen LogP contribution in [0.2, 0.25) is 5.02 Å². The van der Waals surface area contributed by atoms with Crippen molar-refractivity contribution in [2.24, 2.45) is 0 Å². The smallest absolute Gasteiger partial charge is 0.333 e. The van der Waals surface area contributed by atoms with Crippen LogP contribution in [0, 0.1) is 0 Å². The van der Waals surface area contributed by atoms with Crippen LogP contribution >= 0.6 is 11.6 Å². The Morgan fingerprint density at radius 3 is 2.52 bits per heavy atom. The summed E-state index contributed by atoms with van der Waals surface area (Å²) in [6.45, 7) is 3.43. The van der Waals surface area contributed by atoms with E-state index in [0.717, 1.165) is 5.56 Å². The average molecular weight is 336 g/mol. The Labute approximate surface area is 129 Å². The number of benzene rings is 1. The van der Waals surface area contributed by atoms with Crippen LogP contribution in [0.3, 0.4) is 0 Å². The molecule has 21 heavy (non-hydrogen) atoms. The van der Waals surface area contributed by atoms with Crippen LogP contribution < -0.4 is 4.72 Å². The first-order chi connectivity index (χ1) is 9.66. The first-order valence-electron chi connectivity index (χ1n) is 6.47. The van der Waals surface area contributed by atoms with Crippen molar-refractivity contribution in [3.63, 3.8) is 0 Å². The Morgan fingerprint density at radius 2 is 1.90 bits per heavy atom. The molecule has 1 saturated heterocycles. The summed E-state index contributed by atoms with van der Waals surface area (Å²) in [6.07, 6.45) is -0.395. The van der Waals surface area contributed by atoms with Crippen molar-refractivity contribution in [1.29, 1.82) is 0 Å². The maximum Gasteiger partial charge on any atom is 0.333 e. The molecule has 0 aliphatic carbocycles. The molecule has 1 aliphatic heterocycles. The van der Waals surface area contributed by atoms with Gasteiger partial charge in [-0.15, -0.1) is 0 Å². The topological polar surface area (TPSA) is 84.9 Å². The highest BCUT2D eigenvalue weighted by Gasteiger charge is 2.41. The van der Waals surface area contributed by atoms with Gasteiger partial charge in [0, 0.05) is 18.0 Å². The second-order valence-electron chi connectivity index (χ2n) is 5.33. The van der Waals surface area contributed by atoms with Crippen LogP contribution in [-0.2, 0) is 26.2 Å². The quantitative estimate of drug-likeness (QED) is 0.801. The molecule has 0 amide bonds. The Morgan fingerprint density at radius 1 is 1.29 bits per heavy atom. The minimum absolute atomic E-state index is 0.0720. The molecule has 1 fully saturated rings. The molecule has 2 unspecified atom stereocenters. The lowest BCUT2D eigenvalue weighted by Gasteiger charge is -2.17. The van der Waals surface area contributed by atoms with Gasteiger partial charge in [0.25, 0.3) is 0 Å². The fourth-order valence-corrected chi connectivity index (χ4v) is 2.91. The molecule has 2 rings (SSSR count). The summed E-state index contributed by atoms with van der Waals surface area (Å²) in [5, 5.41) is 0.618. The Hall–Kier alpha value is -0.700. The fraction of sp³-hybridized carbons (Fsp3) is 0.538. The van der Waals surface area contributed by atoms with E-state index in [-0.39, 0.29) is 12.6 Å². The normalized spacial score (nSPS) is 25.1.